The molecule has 1 fully saturated rings. The third kappa shape index (κ3) is 14.2. The molecule has 2 unspecified atom stereocenters. The van der Waals surface area contributed by atoms with Crippen LogP contribution in [-0.4, -0.2) is 99.6 Å². The lowest BCUT2D eigenvalue weighted by Crippen LogP contribution is -2.56. The Labute approximate surface area is 252 Å². The van der Waals surface area contributed by atoms with Crippen LogP contribution < -0.4 is 16.4 Å². The van der Waals surface area contributed by atoms with Gasteiger partial charge in [-0.1, -0.05) is 33.3 Å². The van der Waals surface area contributed by atoms with E-state index >= 15 is 0 Å². The molecule has 2 heterocycles. The van der Waals surface area contributed by atoms with Gasteiger partial charge in [0.05, 0.1) is 36.7 Å². The number of nitrogens with zero attached hydrogens (tertiary/aromatic N) is 4. The molecular formula is C30H57BrN7O2+. The van der Waals surface area contributed by atoms with E-state index in [1.54, 1.807) is 0 Å². The minimum Gasteiger partial charge on any atom is -0.390 e. The molecule has 1 saturated heterocycles. The van der Waals surface area contributed by atoms with E-state index in [0.717, 1.165) is 34.8 Å². The highest BCUT2D eigenvalue weighted by molar-refractivity contribution is 9.12. The molecule has 2 atom stereocenters. The van der Waals surface area contributed by atoms with Crippen LogP contribution in [-0.2, 0) is 9.53 Å². The van der Waals surface area contributed by atoms with Crippen molar-refractivity contribution in [3.63, 3.8) is 0 Å². The zero-order valence-corrected chi connectivity index (χ0v) is 27.5. The van der Waals surface area contributed by atoms with E-state index in [-0.39, 0.29) is 12.5 Å². The number of nitrogens with two attached hydrogens (primary N) is 1. The second-order valence-corrected chi connectivity index (χ2v) is 11.6. The second kappa shape index (κ2) is 21.9. The van der Waals surface area contributed by atoms with E-state index in [0.29, 0.717) is 31.6 Å². The van der Waals surface area contributed by atoms with E-state index < -0.39 is 0 Å². The molecule has 0 aromatic heterocycles. The molecule has 0 spiro atoms. The van der Waals surface area contributed by atoms with Crippen LogP contribution in [0.5, 0.6) is 0 Å². The van der Waals surface area contributed by atoms with Crippen LogP contribution in [0.25, 0.3) is 0 Å². The van der Waals surface area contributed by atoms with Gasteiger partial charge < -0.3 is 30.5 Å². The normalized spacial score (nSPS) is 22.6. The van der Waals surface area contributed by atoms with Gasteiger partial charge in [-0.15, -0.1) is 0 Å². The van der Waals surface area contributed by atoms with E-state index in [4.69, 9.17) is 10.5 Å². The summed E-state index contributed by atoms with van der Waals surface area (Å²) in [6, 6.07) is 0.403. The van der Waals surface area contributed by atoms with Gasteiger partial charge in [0.2, 0.25) is 5.91 Å². The lowest BCUT2D eigenvalue weighted by atomic mass is 10.0. The topological polar surface area (TPSA) is 104 Å². The van der Waals surface area contributed by atoms with Gasteiger partial charge in [-0.05, 0) is 74.5 Å². The number of unbranched alkanes of at least 4 members (excludes halogenated alkanes) is 2. The molecule has 0 aromatic carbocycles. The molecule has 230 valence electrons. The molecule has 0 radical (unpaired) electrons. The van der Waals surface area contributed by atoms with Gasteiger partial charge in [0.1, 0.15) is 12.6 Å². The zero-order chi connectivity index (χ0) is 29.6. The average Bonchev–Trinajstić information content (AvgIpc) is 3.15. The predicted octanol–water partition coefficient (Wildman–Crippen LogP) is 4.55. The van der Waals surface area contributed by atoms with Crippen molar-refractivity contribution in [3.05, 3.63) is 22.5 Å². The number of quaternary nitrogens is 1. The minimum absolute atomic E-state index is 0.0527. The first kappa shape index (κ1) is 36.3. The van der Waals surface area contributed by atoms with Crippen molar-refractivity contribution in [2.45, 2.75) is 85.1 Å². The summed E-state index contributed by atoms with van der Waals surface area (Å²) in [5.41, 5.74) is 6.79. The highest BCUT2D eigenvalue weighted by Crippen LogP contribution is 2.24. The molecule has 0 saturated carbocycles. The van der Waals surface area contributed by atoms with Crippen LogP contribution in [0.4, 0.5) is 0 Å². The molecule has 10 heteroatoms. The Bertz CT molecular complexity index is 827. The summed E-state index contributed by atoms with van der Waals surface area (Å²) in [6.45, 7) is 16.4. The molecule has 0 aliphatic carbocycles. The Morgan fingerprint density at radius 1 is 1.23 bits per heavy atom. The maximum absolute atomic E-state index is 12.0. The largest absolute Gasteiger partial charge is 0.390 e. The van der Waals surface area contributed by atoms with Gasteiger partial charge in [0.25, 0.3) is 0 Å². The Balaban J connectivity index is 0.00000101. The molecule has 0 aromatic rings. The van der Waals surface area contributed by atoms with E-state index in [2.05, 4.69) is 77.4 Å². The maximum atomic E-state index is 12.0. The number of rotatable bonds is 15. The first-order valence-corrected chi connectivity index (χ1v) is 16.1. The summed E-state index contributed by atoms with van der Waals surface area (Å²) in [7, 11) is 2.36. The van der Waals surface area contributed by atoms with Crippen molar-refractivity contribution in [3.8, 4) is 0 Å². The molecule has 40 heavy (non-hydrogen) atoms. The Morgan fingerprint density at radius 3 is 2.65 bits per heavy atom. The van der Waals surface area contributed by atoms with Crippen LogP contribution in [0.1, 0.15) is 79.1 Å². The molecule has 2 rings (SSSR count). The third-order valence-corrected chi connectivity index (χ3v) is 8.02. The number of carbonyl (C=O) groups is 1. The minimum atomic E-state index is 0.0527. The molecular weight excluding hydrogens is 570 g/mol. The van der Waals surface area contributed by atoms with Crippen molar-refractivity contribution in [2.75, 3.05) is 66.1 Å². The third-order valence-electron chi connectivity index (χ3n) is 7.43. The quantitative estimate of drug-likeness (QED) is 0.107. The number of aliphatic imine (C=N–C) groups is 2. The highest BCUT2D eigenvalue weighted by atomic mass is 79.9. The summed E-state index contributed by atoms with van der Waals surface area (Å²) < 4.78 is 7.10. The van der Waals surface area contributed by atoms with Crippen molar-refractivity contribution >= 4 is 34.0 Å². The number of carbonyl (C=O) groups excluding carboxylic acids is 1. The second-order valence-electron chi connectivity index (χ2n) is 10.8. The highest BCUT2D eigenvalue weighted by Gasteiger charge is 2.33. The smallest absolute Gasteiger partial charge is 0.248 e. The van der Waals surface area contributed by atoms with Crippen LogP contribution in [0, 0.1) is 0 Å². The fourth-order valence-corrected chi connectivity index (χ4v) is 5.12. The van der Waals surface area contributed by atoms with Gasteiger partial charge in [-0.3, -0.25) is 9.79 Å². The van der Waals surface area contributed by atoms with Crippen molar-refractivity contribution in [1.29, 1.82) is 0 Å². The molecule has 9 nitrogen and oxygen atoms in total. The van der Waals surface area contributed by atoms with Crippen LogP contribution in [0.3, 0.4) is 0 Å². The molecule has 2 aliphatic heterocycles. The Hall–Kier alpha value is -1.75. The zero-order valence-electron chi connectivity index (χ0n) is 25.9. The van der Waals surface area contributed by atoms with Gasteiger partial charge in [0, 0.05) is 38.9 Å². The van der Waals surface area contributed by atoms with Crippen LogP contribution in [0.2, 0.25) is 0 Å². The Kier molecular flexibility index (Phi) is 19.9. The summed E-state index contributed by atoms with van der Waals surface area (Å²) in [5, 5.41) is 6.77. The monoisotopic (exact) mass is 626 g/mol. The predicted molar refractivity (Wildman–Crippen MR) is 173 cm³/mol. The lowest BCUT2D eigenvalue weighted by Gasteiger charge is -2.43. The van der Waals surface area contributed by atoms with Gasteiger partial charge >= 0.3 is 0 Å². The molecule has 1 amide bonds. The van der Waals surface area contributed by atoms with Crippen LogP contribution in [0.15, 0.2) is 32.4 Å². The number of amides is 1. The van der Waals surface area contributed by atoms with Crippen molar-refractivity contribution < 1.29 is 14.0 Å². The number of hydrogen-bond acceptors (Lipinski definition) is 5. The van der Waals surface area contributed by atoms with Crippen molar-refractivity contribution in [1.82, 2.24) is 15.5 Å². The van der Waals surface area contributed by atoms with E-state index in [1.807, 2.05) is 11.1 Å². The average molecular weight is 628 g/mol. The SMILES string of the molecule is CCCCC[N+]1(C)CCC=C(N/C=C(/Br)C(N=CN)=NCCCN2CCCOCC2=O)C1C.CCCNCCC. The molecule has 2 aliphatic rings. The number of amidine groups is 1. The number of halogens is 1. The number of nitrogens with one attached hydrogen (secondary N) is 2. The van der Waals surface area contributed by atoms with Crippen LogP contribution >= 0.6 is 15.9 Å². The fraction of sp³-hybridized carbons (Fsp3) is 0.767. The van der Waals surface area contributed by atoms with Gasteiger partial charge in [0.15, 0.2) is 5.84 Å². The van der Waals surface area contributed by atoms with E-state index in [1.165, 1.54) is 70.3 Å². The number of hydrogen-bond donors (Lipinski definition) is 3. The summed E-state index contributed by atoms with van der Waals surface area (Å²) >= 11 is 3.61. The molecule has 4 N–H and O–H groups in total. The maximum Gasteiger partial charge on any atom is 0.248 e. The number of likely N-dealkylation sites (N-methyl/N-ethyl adjacent to an activating group) is 1. The van der Waals surface area contributed by atoms with Gasteiger partial charge in [-0.25, -0.2) is 4.99 Å². The van der Waals surface area contributed by atoms with E-state index in [9.17, 15) is 4.79 Å². The first-order chi connectivity index (χ1) is 19.3. The fourth-order valence-electron chi connectivity index (χ4n) is 4.78. The first-order valence-electron chi connectivity index (χ1n) is 15.3. The van der Waals surface area contributed by atoms with Gasteiger partial charge in [-0.2, -0.15) is 0 Å². The Morgan fingerprint density at radius 2 is 1.98 bits per heavy atom. The summed E-state index contributed by atoms with van der Waals surface area (Å²) in [6.07, 6.45) is 14.5. The standard InChI is InChI=1S/C24H42BrN6O2.C6H15N/c1-4-5-6-14-31(3)15-7-10-22(20(31)2)28-17-21(25)24(29-19-26)27-11-8-12-30-13-9-16-33-18-23(30)32;1-3-5-7-6-4-2/h10,17,19-20,28H,4-9,11-16,18H2,1-3H3,(H2,26,27,29);7H,3-6H2,1-2H3/q+1;/b21-17+;. The summed E-state index contributed by atoms with van der Waals surface area (Å²) in [4.78, 5) is 22.7. The van der Waals surface area contributed by atoms with Crippen molar-refractivity contribution in [2.24, 2.45) is 15.7 Å². The lowest BCUT2D eigenvalue weighted by molar-refractivity contribution is -0.928. The summed E-state index contributed by atoms with van der Waals surface area (Å²) in [5.74, 6) is 0.594. The molecule has 0 bridgehead atoms. The number of ether oxygens (including phenoxy) is 1.